The molecule has 130 valence electrons. The predicted octanol–water partition coefficient (Wildman–Crippen LogP) is 4.25. The molecule has 0 saturated heterocycles. The molecular formula is C20H22N2O2S. The Morgan fingerprint density at radius 3 is 2.92 bits per heavy atom. The van der Waals surface area contributed by atoms with E-state index in [4.69, 9.17) is 4.74 Å². The van der Waals surface area contributed by atoms with Crippen LogP contribution in [0.15, 0.2) is 55.0 Å². The zero-order chi connectivity index (χ0) is 17.5. The van der Waals surface area contributed by atoms with Gasteiger partial charge in [0.2, 0.25) is 0 Å². The molecular weight excluding hydrogens is 332 g/mol. The lowest BCUT2D eigenvalue weighted by atomic mass is 10.1. The van der Waals surface area contributed by atoms with E-state index in [0.717, 1.165) is 24.3 Å². The Labute approximate surface area is 152 Å². The van der Waals surface area contributed by atoms with E-state index in [9.17, 15) is 4.79 Å². The van der Waals surface area contributed by atoms with Crippen LogP contribution in [0.4, 0.5) is 0 Å². The number of thioether (sulfide) groups is 1. The van der Waals surface area contributed by atoms with Gasteiger partial charge in [0.05, 0.1) is 29.8 Å². The van der Waals surface area contributed by atoms with Crippen LogP contribution in [0.1, 0.15) is 18.9 Å². The first-order valence-corrected chi connectivity index (χ1v) is 9.68. The molecule has 5 heteroatoms. The molecule has 0 N–H and O–H groups in total. The number of pyridine rings is 1. The maximum absolute atomic E-state index is 11.4. The number of carbonyl (C=O) groups is 1. The Morgan fingerprint density at radius 2 is 2.12 bits per heavy atom. The predicted molar refractivity (Wildman–Crippen MR) is 103 cm³/mol. The topological polar surface area (TPSA) is 44.1 Å². The number of esters is 1. The summed E-state index contributed by atoms with van der Waals surface area (Å²) in [7, 11) is 0. The Kier molecular flexibility index (Phi) is 6.12. The molecule has 0 bridgehead atoms. The molecule has 0 amide bonds. The molecule has 0 fully saturated rings. The van der Waals surface area contributed by atoms with Crippen molar-refractivity contribution >= 4 is 28.6 Å². The van der Waals surface area contributed by atoms with E-state index in [0.29, 0.717) is 12.4 Å². The van der Waals surface area contributed by atoms with E-state index >= 15 is 0 Å². The van der Waals surface area contributed by atoms with Crippen molar-refractivity contribution in [2.45, 2.75) is 19.8 Å². The fourth-order valence-corrected chi connectivity index (χ4v) is 3.62. The van der Waals surface area contributed by atoms with E-state index in [1.54, 1.807) is 18.0 Å². The smallest absolute Gasteiger partial charge is 0.315 e. The Balaban J connectivity index is 1.67. The average molecular weight is 354 g/mol. The zero-order valence-corrected chi connectivity index (χ0v) is 15.2. The van der Waals surface area contributed by atoms with Gasteiger partial charge in [-0.05, 0) is 49.3 Å². The second-order valence-electron chi connectivity index (χ2n) is 5.71. The second-order valence-corrected chi connectivity index (χ2v) is 6.82. The van der Waals surface area contributed by atoms with Gasteiger partial charge in [-0.25, -0.2) is 0 Å². The maximum Gasteiger partial charge on any atom is 0.315 e. The minimum Gasteiger partial charge on any atom is -0.465 e. The number of hydrogen-bond acceptors (Lipinski definition) is 4. The van der Waals surface area contributed by atoms with Crippen LogP contribution in [0.5, 0.6) is 0 Å². The highest BCUT2D eigenvalue weighted by Gasteiger charge is 2.09. The van der Waals surface area contributed by atoms with Gasteiger partial charge in [-0.15, -0.1) is 0 Å². The molecule has 1 aromatic carbocycles. The Bertz CT molecular complexity index is 830. The molecule has 3 rings (SSSR count). The summed E-state index contributed by atoms with van der Waals surface area (Å²) in [5.41, 5.74) is 3.60. The Hall–Kier alpha value is -2.27. The number of nitrogens with zero attached hydrogens (tertiary/aromatic N) is 2. The van der Waals surface area contributed by atoms with Gasteiger partial charge >= 0.3 is 5.97 Å². The van der Waals surface area contributed by atoms with Crippen molar-refractivity contribution in [2.24, 2.45) is 0 Å². The molecule has 0 unspecified atom stereocenters. The van der Waals surface area contributed by atoms with Crippen LogP contribution in [0, 0.1) is 0 Å². The minimum absolute atomic E-state index is 0.124. The third kappa shape index (κ3) is 4.42. The number of aromatic nitrogens is 2. The van der Waals surface area contributed by atoms with Gasteiger partial charge in [0.1, 0.15) is 0 Å². The van der Waals surface area contributed by atoms with Gasteiger partial charge in [0.25, 0.3) is 0 Å². The third-order valence-electron chi connectivity index (χ3n) is 3.98. The van der Waals surface area contributed by atoms with Crippen LogP contribution in [0.2, 0.25) is 0 Å². The standard InChI is InChI=1S/C20H22N2O2S/c1-2-24-20(23)15-25-12-6-7-16-14-22(17-8-5-11-21-13-17)19-10-4-3-9-18(16)19/h3-5,8-11,13-14H,2,6-7,12,15H2,1H3. The number of hydrogen-bond donors (Lipinski definition) is 0. The van der Waals surface area contributed by atoms with Gasteiger partial charge in [-0.1, -0.05) is 18.2 Å². The third-order valence-corrected chi connectivity index (χ3v) is 5.00. The maximum atomic E-state index is 11.4. The van der Waals surface area contributed by atoms with Crippen molar-refractivity contribution in [3.05, 3.63) is 60.6 Å². The summed E-state index contributed by atoms with van der Waals surface area (Å²) in [6.45, 7) is 2.29. The molecule has 0 spiro atoms. The minimum atomic E-state index is -0.124. The van der Waals surface area contributed by atoms with Crippen LogP contribution >= 0.6 is 11.8 Å². The normalized spacial score (nSPS) is 10.9. The van der Waals surface area contributed by atoms with E-state index < -0.39 is 0 Å². The highest BCUT2D eigenvalue weighted by molar-refractivity contribution is 7.99. The van der Waals surface area contributed by atoms with Crippen molar-refractivity contribution in [2.75, 3.05) is 18.1 Å². The quantitative estimate of drug-likeness (QED) is 0.448. The number of para-hydroxylation sites is 1. The van der Waals surface area contributed by atoms with E-state index in [1.807, 2.05) is 19.2 Å². The summed E-state index contributed by atoms with van der Waals surface area (Å²) in [5, 5.41) is 1.28. The van der Waals surface area contributed by atoms with Crippen molar-refractivity contribution in [3.63, 3.8) is 0 Å². The largest absolute Gasteiger partial charge is 0.465 e. The van der Waals surface area contributed by atoms with Crippen LogP contribution in [0.25, 0.3) is 16.6 Å². The van der Waals surface area contributed by atoms with Gasteiger partial charge in [-0.3, -0.25) is 9.78 Å². The molecule has 0 aliphatic heterocycles. The first-order chi connectivity index (χ1) is 12.3. The molecule has 0 saturated carbocycles. The Morgan fingerprint density at radius 1 is 1.24 bits per heavy atom. The molecule has 2 heterocycles. The zero-order valence-electron chi connectivity index (χ0n) is 14.4. The fourth-order valence-electron chi connectivity index (χ4n) is 2.88. The van der Waals surface area contributed by atoms with Crippen LogP contribution in [-0.2, 0) is 16.0 Å². The van der Waals surface area contributed by atoms with Crippen molar-refractivity contribution in [1.82, 2.24) is 9.55 Å². The first-order valence-electron chi connectivity index (χ1n) is 8.52. The summed E-state index contributed by atoms with van der Waals surface area (Å²) < 4.78 is 7.15. The van der Waals surface area contributed by atoms with E-state index in [2.05, 4.69) is 46.1 Å². The van der Waals surface area contributed by atoms with Crippen molar-refractivity contribution in [1.29, 1.82) is 0 Å². The summed E-state index contributed by atoms with van der Waals surface area (Å²) in [5.74, 6) is 1.26. The first kappa shape index (κ1) is 17.5. The number of carbonyl (C=O) groups excluding carboxylic acids is 1. The van der Waals surface area contributed by atoms with Crippen molar-refractivity contribution in [3.8, 4) is 5.69 Å². The molecule has 0 radical (unpaired) electrons. The van der Waals surface area contributed by atoms with Gasteiger partial charge in [0, 0.05) is 17.8 Å². The number of ether oxygens (including phenoxy) is 1. The number of benzene rings is 1. The van der Waals surface area contributed by atoms with Crippen LogP contribution < -0.4 is 0 Å². The second kappa shape index (κ2) is 8.72. The summed E-state index contributed by atoms with van der Waals surface area (Å²) in [6.07, 6.45) is 7.90. The van der Waals surface area contributed by atoms with Crippen LogP contribution in [-0.4, -0.2) is 33.6 Å². The highest BCUT2D eigenvalue weighted by Crippen LogP contribution is 2.25. The summed E-state index contributed by atoms with van der Waals surface area (Å²) in [4.78, 5) is 15.6. The molecule has 0 aliphatic carbocycles. The molecule has 3 aromatic rings. The highest BCUT2D eigenvalue weighted by atomic mass is 32.2. The number of fused-ring (bicyclic) bond motifs is 1. The molecule has 0 aliphatic rings. The van der Waals surface area contributed by atoms with E-state index in [1.165, 1.54) is 16.5 Å². The molecule has 4 nitrogen and oxygen atoms in total. The fraction of sp³-hybridized carbons (Fsp3) is 0.300. The average Bonchev–Trinajstić information content (AvgIpc) is 3.01. The van der Waals surface area contributed by atoms with Crippen molar-refractivity contribution < 1.29 is 9.53 Å². The lowest BCUT2D eigenvalue weighted by Gasteiger charge is -2.03. The number of rotatable bonds is 8. The van der Waals surface area contributed by atoms with Crippen LogP contribution in [0.3, 0.4) is 0 Å². The number of aryl methyl sites for hydroxylation is 1. The summed E-state index contributed by atoms with van der Waals surface area (Å²) >= 11 is 1.64. The SMILES string of the molecule is CCOC(=O)CSCCCc1cn(-c2cccnc2)c2ccccc12. The lowest BCUT2D eigenvalue weighted by molar-refractivity contribution is -0.139. The summed E-state index contributed by atoms with van der Waals surface area (Å²) in [6, 6.07) is 12.5. The molecule has 2 aromatic heterocycles. The molecule has 0 atom stereocenters. The van der Waals surface area contributed by atoms with Gasteiger partial charge < -0.3 is 9.30 Å². The van der Waals surface area contributed by atoms with Gasteiger partial charge in [0.15, 0.2) is 0 Å². The van der Waals surface area contributed by atoms with Gasteiger partial charge in [-0.2, -0.15) is 11.8 Å². The monoisotopic (exact) mass is 354 g/mol. The van der Waals surface area contributed by atoms with E-state index in [-0.39, 0.29) is 5.97 Å². The molecule has 25 heavy (non-hydrogen) atoms. The lowest BCUT2D eigenvalue weighted by Crippen LogP contribution is -2.07.